The van der Waals surface area contributed by atoms with Gasteiger partial charge in [0.05, 0.1) is 12.1 Å². The van der Waals surface area contributed by atoms with Gasteiger partial charge in [0.1, 0.15) is 16.7 Å². The van der Waals surface area contributed by atoms with Crippen molar-refractivity contribution >= 4 is 28.9 Å². The minimum atomic E-state index is -0.521. The van der Waals surface area contributed by atoms with Crippen LogP contribution >= 0.6 is 11.3 Å². The fourth-order valence-electron chi connectivity index (χ4n) is 5.12. The average molecular weight is 497 g/mol. The standard InChI is InChI=1S/C27H36N4O3S/c1-17-11-13-20(14-12-17)24(32)21-16-35-26(29-21)22-10-7-15-31(22)27(34)23(19-8-5-4-6-9-19)30-25(33)18(2)28-3/h11-14,16,18-19,22-23,28H,4-10,15H2,1-3H3,(H,30,33)/t18-,22-,23-/m0/s1. The molecule has 0 unspecified atom stereocenters. The molecule has 0 radical (unpaired) electrons. The highest BCUT2D eigenvalue weighted by Crippen LogP contribution is 2.36. The number of aryl methyl sites for hydroxylation is 1. The minimum Gasteiger partial charge on any atom is -0.343 e. The second kappa shape index (κ2) is 11.4. The molecule has 35 heavy (non-hydrogen) atoms. The lowest BCUT2D eigenvalue weighted by Crippen LogP contribution is -2.55. The number of hydrogen-bond acceptors (Lipinski definition) is 6. The number of carbonyl (C=O) groups is 3. The van der Waals surface area contributed by atoms with Crippen molar-refractivity contribution in [2.45, 2.75) is 76.9 Å². The molecule has 1 aliphatic heterocycles. The Bertz CT molecular complexity index is 1040. The van der Waals surface area contributed by atoms with Crippen molar-refractivity contribution in [2.75, 3.05) is 13.6 Å². The molecule has 0 spiro atoms. The van der Waals surface area contributed by atoms with Crippen LogP contribution < -0.4 is 10.6 Å². The summed E-state index contributed by atoms with van der Waals surface area (Å²) in [6.07, 6.45) is 6.97. The van der Waals surface area contributed by atoms with Crippen LogP contribution in [0.5, 0.6) is 0 Å². The van der Waals surface area contributed by atoms with E-state index >= 15 is 0 Å². The molecule has 1 saturated carbocycles. The Hall–Kier alpha value is -2.58. The molecule has 2 heterocycles. The first-order valence-corrected chi connectivity index (χ1v) is 13.6. The van der Waals surface area contributed by atoms with Gasteiger partial charge in [0.15, 0.2) is 0 Å². The normalized spacial score (nSPS) is 20.4. The lowest BCUT2D eigenvalue weighted by molar-refractivity contribution is -0.139. The first-order chi connectivity index (χ1) is 16.9. The number of likely N-dealkylation sites (tertiary alicyclic amines) is 1. The van der Waals surface area contributed by atoms with Gasteiger partial charge < -0.3 is 15.5 Å². The highest BCUT2D eigenvalue weighted by Gasteiger charge is 2.40. The van der Waals surface area contributed by atoms with E-state index in [1.807, 2.05) is 36.1 Å². The monoisotopic (exact) mass is 496 g/mol. The quantitative estimate of drug-likeness (QED) is 0.539. The maximum absolute atomic E-state index is 13.9. The maximum Gasteiger partial charge on any atom is 0.246 e. The molecular formula is C27H36N4O3S. The Kier molecular flexibility index (Phi) is 8.34. The third kappa shape index (κ3) is 5.81. The van der Waals surface area contributed by atoms with Gasteiger partial charge in [0.25, 0.3) is 0 Å². The molecule has 1 aliphatic carbocycles. The van der Waals surface area contributed by atoms with Gasteiger partial charge >= 0.3 is 0 Å². The molecule has 188 valence electrons. The summed E-state index contributed by atoms with van der Waals surface area (Å²) in [5, 5.41) is 8.63. The molecule has 1 saturated heterocycles. The molecular weight excluding hydrogens is 460 g/mol. The molecule has 1 aromatic heterocycles. The van der Waals surface area contributed by atoms with Gasteiger partial charge in [0.2, 0.25) is 17.6 Å². The lowest BCUT2D eigenvalue weighted by Gasteiger charge is -2.35. The summed E-state index contributed by atoms with van der Waals surface area (Å²) >= 11 is 1.44. The van der Waals surface area contributed by atoms with Crippen molar-refractivity contribution in [1.82, 2.24) is 20.5 Å². The zero-order valence-corrected chi connectivity index (χ0v) is 21.7. The molecule has 2 N–H and O–H groups in total. The highest BCUT2D eigenvalue weighted by molar-refractivity contribution is 7.10. The number of thiazole rings is 1. The van der Waals surface area contributed by atoms with Crippen molar-refractivity contribution < 1.29 is 14.4 Å². The van der Waals surface area contributed by atoms with E-state index in [4.69, 9.17) is 0 Å². The van der Waals surface area contributed by atoms with E-state index in [0.717, 1.165) is 49.1 Å². The van der Waals surface area contributed by atoms with Crippen LogP contribution in [-0.4, -0.2) is 53.2 Å². The molecule has 2 aromatic rings. The number of amides is 2. The van der Waals surface area contributed by atoms with Crippen molar-refractivity contribution in [2.24, 2.45) is 5.92 Å². The molecule has 2 fully saturated rings. The summed E-state index contributed by atoms with van der Waals surface area (Å²) in [4.78, 5) is 46.1. The molecule has 4 rings (SSSR count). The smallest absolute Gasteiger partial charge is 0.246 e. The number of carbonyl (C=O) groups excluding carboxylic acids is 3. The van der Waals surface area contributed by atoms with E-state index < -0.39 is 6.04 Å². The number of rotatable bonds is 8. The van der Waals surface area contributed by atoms with Crippen LogP contribution in [-0.2, 0) is 9.59 Å². The average Bonchev–Trinajstić information content (AvgIpc) is 3.56. The number of ketones is 1. The fourth-order valence-corrected chi connectivity index (χ4v) is 6.07. The van der Waals surface area contributed by atoms with Crippen LogP contribution in [0.1, 0.15) is 84.5 Å². The number of nitrogens with zero attached hydrogens (tertiary/aromatic N) is 2. The molecule has 8 heteroatoms. The first kappa shape index (κ1) is 25.5. The Morgan fingerprint density at radius 3 is 2.46 bits per heavy atom. The van der Waals surface area contributed by atoms with Gasteiger partial charge in [0, 0.05) is 17.5 Å². The third-order valence-electron chi connectivity index (χ3n) is 7.40. The zero-order valence-electron chi connectivity index (χ0n) is 20.9. The Balaban J connectivity index is 1.53. The second-order valence-corrected chi connectivity index (χ2v) is 10.7. The van der Waals surface area contributed by atoms with Crippen LogP contribution in [0.4, 0.5) is 0 Å². The number of likely N-dealkylation sites (N-methyl/N-ethyl adjacent to an activating group) is 1. The van der Waals surface area contributed by atoms with Crippen LogP contribution in [0, 0.1) is 12.8 Å². The van der Waals surface area contributed by atoms with Crippen molar-refractivity contribution in [3.63, 3.8) is 0 Å². The van der Waals surface area contributed by atoms with E-state index in [2.05, 4.69) is 15.6 Å². The van der Waals surface area contributed by atoms with Gasteiger partial charge in [-0.2, -0.15) is 0 Å². The van der Waals surface area contributed by atoms with E-state index in [1.54, 1.807) is 19.4 Å². The summed E-state index contributed by atoms with van der Waals surface area (Å²) in [6, 6.07) is 6.46. The SMILES string of the molecule is CN[C@@H](C)C(=O)N[C@H](C(=O)N1CCC[C@H]1c1nc(C(=O)c2ccc(C)cc2)cs1)C1CCCCC1. The van der Waals surface area contributed by atoms with Gasteiger partial charge in [-0.1, -0.05) is 49.1 Å². The predicted octanol–water partition coefficient (Wildman–Crippen LogP) is 4.02. The van der Waals surface area contributed by atoms with Gasteiger partial charge in [-0.05, 0) is 52.5 Å². The number of nitrogens with one attached hydrogen (secondary N) is 2. The lowest BCUT2D eigenvalue weighted by atomic mass is 9.83. The van der Waals surface area contributed by atoms with Crippen molar-refractivity contribution in [3.05, 3.63) is 51.5 Å². The minimum absolute atomic E-state index is 0.0161. The summed E-state index contributed by atoms with van der Waals surface area (Å²) in [5.41, 5.74) is 2.14. The third-order valence-corrected chi connectivity index (χ3v) is 8.35. The summed E-state index contributed by atoms with van der Waals surface area (Å²) in [5.74, 6) is -0.109. The first-order valence-electron chi connectivity index (χ1n) is 12.7. The summed E-state index contributed by atoms with van der Waals surface area (Å²) < 4.78 is 0. The number of hydrogen-bond donors (Lipinski definition) is 2. The van der Waals surface area contributed by atoms with Crippen LogP contribution in [0.15, 0.2) is 29.6 Å². The van der Waals surface area contributed by atoms with Crippen LogP contribution in [0.3, 0.4) is 0 Å². The van der Waals surface area contributed by atoms with E-state index in [0.29, 0.717) is 17.8 Å². The Morgan fingerprint density at radius 2 is 1.77 bits per heavy atom. The summed E-state index contributed by atoms with van der Waals surface area (Å²) in [6.45, 7) is 4.44. The molecule has 1 aromatic carbocycles. The van der Waals surface area contributed by atoms with Gasteiger partial charge in [-0.25, -0.2) is 4.98 Å². The number of benzene rings is 1. The molecule has 2 amide bonds. The second-order valence-electron chi connectivity index (χ2n) is 9.85. The molecule has 7 nitrogen and oxygen atoms in total. The maximum atomic E-state index is 13.9. The van der Waals surface area contributed by atoms with E-state index in [9.17, 15) is 14.4 Å². The van der Waals surface area contributed by atoms with Crippen molar-refractivity contribution in [3.8, 4) is 0 Å². The molecule has 2 aliphatic rings. The summed E-state index contributed by atoms with van der Waals surface area (Å²) in [7, 11) is 1.75. The predicted molar refractivity (Wildman–Crippen MR) is 137 cm³/mol. The van der Waals surface area contributed by atoms with E-state index in [-0.39, 0.29) is 35.6 Å². The van der Waals surface area contributed by atoms with E-state index in [1.165, 1.54) is 17.8 Å². The van der Waals surface area contributed by atoms with Gasteiger partial charge in [-0.3, -0.25) is 14.4 Å². The topological polar surface area (TPSA) is 91.4 Å². The van der Waals surface area contributed by atoms with Crippen LogP contribution in [0.25, 0.3) is 0 Å². The highest BCUT2D eigenvalue weighted by atomic mass is 32.1. The Labute approximate surface area is 211 Å². The zero-order chi connectivity index (χ0) is 24.9. The number of aromatic nitrogens is 1. The largest absolute Gasteiger partial charge is 0.343 e. The van der Waals surface area contributed by atoms with Gasteiger partial charge in [-0.15, -0.1) is 11.3 Å². The Morgan fingerprint density at radius 1 is 1.06 bits per heavy atom. The molecule has 0 bridgehead atoms. The fraction of sp³-hybridized carbons (Fsp3) is 0.556. The van der Waals surface area contributed by atoms with Crippen LogP contribution in [0.2, 0.25) is 0 Å². The van der Waals surface area contributed by atoms with Crippen molar-refractivity contribution in [1.29, 1.82) is 0 Å². The molecule has 3 atom stereocenters.